The summed E-state index contributed by atoms with van der Waals surface area (Å²) in [5, 5.41) is 5.73. The second kappa shape index (κ2) is 6.03. The van der Waals surface area contributed by atoms with Gasteiger partial charge in [-0.05, 0) is 38.9 Å². The van der Waals surface area contributed by atoms with Gasteiger partial charge in [0.1, 0.15) is 0 Å². The Hall–Kier alpha value is -0.910. The summed E-state index contributed by atoms with van der Waals surface area (Å²) in [6.07, 6.45) is 8.00. The van der Waals surface area contributed by atoms with Crippen LogP contribution < -0.4 is 5.32 Å². The van der Waals surface area contributed by atoms with Crippen molar-refractivity contribution in [3.63, 3.8) is 0 Å². The molecule has 0 aliphatic carbocycles. The van der Waals surface area contributed by atoms with Gasteiger partial charge in [-0.15, -0.1) is 11.3 Å². The molecule has 1 N–H and O–H groups in total. The number of aromatic nitrogens is 2. The summed E-state index contributed by atoms with van der Waals surface area (Å²) in [4.78, 5) is 8.28. The van der Waals surface area contributed by atoms with Crippen molar-refractivity contribution in [2.45, 2.75) is 38.8 Å². The first kappa shape index (κ1) is 13.1. The maximum atomic E-state index is 4.61. The van der Waals surface area contributed by atoms with Crippen LogP contribution in [0, 0.1) is 0 Å². The third kappa shape index (κ3) is 3.16. The molecule has 0 amide bonds. The minimum Gasteiger partial charge on any atom is -0.308 e. The summed E-state index contributed by atoms with van der Waals surface area (Å²) >= 11 is 1.69. The number of hydrogen-bond acceptors (Lipinski definition) is 4. The standard InChI is InChI=1S/C14H22N4S/c1-2-5-17-6-3-12(4-7-17)15-10-13-11-18-8-9-19-14(18)16-13/h8-9,11-12,15H,2-7,10H2,1H3. The van der Waals surface area contributed by atoms with E-state index in [1.807, 2.05) is 0 Å². The Balaban J connectivity index is 1.46. The van der Waals surface area contributed by atoms with E-state index in [1.165, 1.54) is 38.9 Å². The molecule has 0 atom stereocenters. The van der Waals surface area contributed by atoms with E-state index < -0.39 is 0 Å². The zero-order valence-electron chi connectivity index (χ0n) is 11.5. The molecule has 0 aromatic carbocycles. The summed E-state index contributed by atoms with van der Waals surface area (Å²) < 4.78 is 2.10. The Bertz CT molecular complexity index is 482. The van der Waals surface area contributed by atoms with Gasteiger partial charge >= 0.3 is 0 Å². The average Bonchev–Trinajstić information content (AvgIpc) is 2.99. The first-order valence-corrected chi connectivity index (χ1v) is 8.10. The van der Waals surface area contributed by atoms with Crippen LogP contribution in [-0.2, 0) is 6.54 Å². The van der Waals surface area contributed by atoms with Crippen molar-refractivity contribution < 1.29 is 0 Å². The zero-order chi connectivity index (χ0) is 13.1. The SMILES string of the molecule is CCCN1CCC(NCc2cn3ccsc3n2)CC1. The van der Waals surface area contributed by atoms with Crippen LogP contribution in [0.4, 0.5) is 0 Å². The van der Waals surface area contributed by atoms with E-state index in [0.29, 0.717) is 6.04 Å². The van der Waals surface area contributed by atoms with Crippen LogP contribution in [0.3, 0.4) is 0 Å². The van der Waals surface area contributed by atoms with Gasteiger partial charge in [0.2, 0.25) is 0 Å². The van der Waals surface area contributed by atoms with Crippen molar-refractivity contribution >= 4 is 16.3 Å². The highest BCUT2D eigenvalue weighted by Gasteiger charge is 2.18. The Labute approximate surface area is 118 Å². The molecule has 1 aliphatic rings. The number of fused-ring (bicyclic) bond motifs is 1. The van der Waals surface area contributed by atoms with Crippen LogP contribution in [0.15, 0.2) is 17.8 Å². The van der Waals surface area contributed by atoms with Crippen LogP contribution in [0.5, 0.6) is 0 Å². The number of hydrogen-bond donors (Lipinski definition) is 1. The Morgan fingerprint density at radius 2 is 2.26 bits per heavy atom. The van der Waals surface area contributed by atoms with Gasteiger partial charge in [-0.1, -0.05) is 6.92 Å². The molecule has 1 aliphatic heterocycles. The Kier molecular flexibility index (Phi) is 4.15. The number of thiazole rings is 1. The molecule has 0 spiro atoms. The summed E-state index contributed by atoms with van der Waals surface area (Å²) in [7, 11) is 0. The number of piperidine rings is 1. The van der Waals surface area contributed by atoms with Crippen LogP contribution in [-0.4, -0.2) is 40.0 Å². The van der Waals surface area contributed by atoms with E-state index in [0.717, 1.165) is 17.2 Å². The maximum absolute atomic E-state index is 4.61. The average molecular weight is 278 g/mol. The molecule has 3 rings (SSSR count). The van der Waals surface area contributed by atoms with Crippen molar-refractivity contribution in [2.75, 3.05) is 19.6 Å². The molecule has 0 unspecified atom stereocenters. The van der Waals surface area contributed by atoms with Crippen molar-refractivity contribution in [3.8, 4) is 0 Å². The molecule has 19 heavy (non-hydrogen) atoms. The summed E-state index contributed by atoms with van der Waals surface area (Å²) in [6.45, 7) is 6.89. The molecule has 104 valence electrons. The topological polar surface area (TPSA) is 32.6 Å². The molecule has 1 saturated heterocycles. The zero-order valence-corrected chi connectivity index (χ0v) is 12.3. The third-order valence-electron chi connectivity index (χ3n) is 3.84. The highest BCUT2D eigenvalue weighted by atomic mass is 32.1. The first-order valence-electron chi connectivity index (χ1n) is 7.22. The lowest BCUT2D eigenvalue weighted by molar-refractivity contribution is 0.197. The molecule has 1 fully saturated rings. The highest BCUT2D eigenvalue weighted by Crippen LogP contribution is 2.13. The van der Waals surface area contributed by atoms with Crippen molar-refractivity contribution in [2.24, 2.45) is 0 Å². The van der Waals surface area contributed by atoms with Gasteiger partial charge < -0.3 is 10.2 Å². The molecule has 0 bridgehead atoms. The molecule has 2 aromatic rings. The summed E-state index contributed by atoms with van der Waals surface area (Å²) in [6, 6.07) is 0.660. The lowest BCUT2D eigenvalue weighted by atomic mass is 10.0. The third-order valence-corrected chi connectivity index (χ3v) is 4.61. The second-order valence-corrected chi connectivity index (χ2v) is 6.19. The first-order chi connectivity index (χ1) is 9.35. The van der Waals surface area contributed by atoms with E-state index in [1.54, 1.807) is 11.3 Å². The molecule has 4 nitrogen and oxygen atoms in total. The van der Waals surface area contributed by atoms with E-state index in [9.17, 15) is 0 Å². The fraction of sp³-hybridized carbons (Fsp3) is 0.643. The number of nitrogens with zero attached hydrogens (tertiary/aromatic N) is 3. The summed E-state index contributed by atoms with van der Waals surface area (Å²) in [5.74, 6) is 0. The lowest BCUT2D eigenvalue weighted by Gasteiger charge is -2.32. The molecule has 5 heteroatoms. The fourth-order valence-corrected chi connectivity index (χ4v) is 3.51. The van der Waals surface area contributed by atoms with E-state index in [4.69, 9.17) is 0 Å². The van der Waals surface area contributed by atoms with Crippen LogP contribution in [0.1, 0.15) is 31.9 Å². The van der Waals surface area contributed by atoms with E-state index in [-0.39, 0.29) is 0 Å². The van der Waals surface area contributed by atoms with Gasteiger partial charge in [-0.2, -0.15) is 0 Å². The van der Waals surface area contributed by atoms with E-state index >= 15 is 0 Å². The fourth-order valence-electron chi connectivity index (χ4n) is 2.79. The maximum Gasteiger partial charge on any atom is 0.193 e. The normalized spacial score (nSPS) is 18.4. The predicted octanol–water partition coefficient (Wildman–Crippen LogP) is 2.36. The minimum atomic E-state index is 0.660. The number of nitrogens with one attached hydrogen (secondary N) is 1. The smallest absolute Gasteiger partial charge is 0.193 e. The number of imidazole rings is 1. The van der Waals surface area contributed by atoms with Crippen LogP contribution in [0.2, 0.25) is 0 Å². The summed E-state index contributed by atoms with van der Waals surface area (Å²) in [5.41, 5.74) is 1.16. The molecule has 0 saturated carbocycles. The van der Waals surface area contributed by atoms with Gasteiger partial charge in [-0.3, -0.25) is 4.40 Å². The number of likely N-dealkylation sites (tertiary alicyclic amines) is 1. The van der Waals surface area contributed by atoms with Gasteiger partial charge in [0.25, 0.3) is 0 Å². The predicted molar refractivity (Wildman–Crippen MR) is 79.7 cm³/mol. The minimum absolute atomic E-state index is 0.660. The lowest BCUT2D eigenvalue weighted by Crippen LogP contribution is -2.42. The number of rotatable bonds is 5. The van der Waals surface area contributed by atoms with Crippen molar-refractivity contribution in [3.05, 3.63) is 23.5 Å². The molecule has 3 heterocycles. The van der Waals surface area contributed by atoms with Crippen LogP contribution >= 0.6 is 11.3 Å². The van der Waals surface area contributed by atoms with Gasteiger partial charge in [0.05, 0.1) is 5.69 Å². The largest absolute Gasteiger partial charge is 0.308 e. The molecule has 2 aromatic heterocycles. The van der Waals surface area contributed by atoms with Gasteiger partial charge in [-0.25, -0.2) is 4.98 Å². The Morgan fingerprint density at radius 3 is 3.00 bits per heavy atom. The molecule has 0 radical (unpaired) electrons. The Morgan fingerprint density at radius 1 is 1.42 bits per heavy atom. The monoisotopic (exact) mass is 278 g/mol. The quantitative estimate of drug-likeness (QED) is 0.911. The van der Waals surface area contributed by atoms with Crippen molar-refractivity contribution in [1.29, 1.82) is 0 Å². The van der Waals surface area contributed by atoms with Crippen LogP contribution in [0.25, 0.3) is 4.96 Å². The highest BCUT2D eigenvalue weighted by molar-refractivity contribution is 7.15. The van der Waals surface area contributed by atoms with Gasteiger partial charge in [0.15, 0.2) is 4.96 Å². The van der Waals surface area contributed by atoms with E-state index in [2.05, 4.69) is 44.3 Å². The second-order valence-electron chi connectivity index (χ2n) is 5.32. The van der Waals surface area contributed by atoms with Gasteiger partial charge in [0, 0.05) is 30.4 Å². The molecular formula is C14H22N4S. The molecular weight excluding hydrogens is 256 g/mol. The van der Waals surface area contributed by atoms with Crippen molar-refractivity contribution in [1.82, 2.24) is 19.6 Å².